The van der Waals surface area contributed by atoms with Crippen molar-refractivity contribution in [3.8, 4) is 0 Å². The molecule has 0 saturated carbocycles. The number of ether oxygens (including phenoxy) is 1. The molecule has 0 aromatic rings. The Bertz CT molecular complexity index is 406. The summed E-state index contributed by atoms with van der Waals surface area (Å²) in [5.41, 5.74) is -0.753. The van der Waals surface area contributed by atoms with E-state index >= 15 is 0 Å². The van der Waals surface area contributed by atoms with Gasteiger partial charge in [0, 0.05) is 0 Å². The molecule has 2 atom stereocenters. The topological polar surface area (TPSA) is 44.8 Å². The van der Waals surface area contributed by atoms with Gasteiger partial charge in [-0.1, -0.05) is 20.8 Å². The van der Waals surface area contributed by atoms with Crippen LogP contribution >= 0.6 is 0 Å². The van der Waals surface area contributed by atoms with Crippen LogP contribution in [0, 0.1) is 5.41 Å². The molecule has 0 saturated heterocycles. The van der Waals surface area contributed by atoms with Crippen LogP contribution in [0.4, 0.5) is 0 Å². The molecule has 0 N–H and O–H groups in total. The van der Waals surface area contributed by atoms with Crippen LogP contribution in [-0.2, 0) is 18.4 Å². The molecule has 0 radical (unpaired) electrons. The van der Waals surface area contributed by atoms with Crippen LogP contribution in [-0.4, -0.2) is 41.9 Å². The second-order valence-electron chi connectivity index (χ2n) is 9.45. The van der Waals surface area contributed by atoms with Crippen LogP contribution < -0.4 is 0 Å². The molecule has 0 rings (SSSR count). The third-order valence-electron chi connectivity index (χ3n) is 4.62. The van der Waals surface area contributed by atoms with E-state index < -0.39 is 22.0 Å². The number of rotatable bonds is 7. The third-order valence-corrected chi connectivity index (χ3v) is 10.2. The summed E-state index contributed by atoms with van der Waals surface area (Å²) in [6, 6.07) is 0. The van der Waals surface area contributed by atoms with Gasteiger partial charge in [0.25, 0.3) is 0 Å². The van der Waals surface area contributed by atoms with E-state index in [1.54, 1.807) is 0 Å². The van der Waals surface area contributed by atoms with Crippen molar-refractivity contribution >= 4 is 22.6 Å². The zero-order chi connectivity index (χ0) is 18.9. The molecule has 0 fully saturated rings. The molecule has 23 heavy (non-hydrogen) atoms. The Morgan fingerprint density at radius 1 is 0.913 bits per heavy atom. The van der Waals surface area contributed by atoms with Gasteiger partial charge < -0.3 is 13.6 Å². The van der Waals surface area contributed by atoms with Gasteiger partial charge in [0.15, 0.2) is 16.6 Å². The summed E-state index contributed by atoms with van der Waals surface area (Å²) in [6.45, 7) is 23.3. The van der Waals surface area contributed by atoms with Gasteiger partial charge in [-0.25, -0.2) is 0 Å². The molecule has 0 amide bonds. The number of carbonyl (C=O) groups excluding carboxylic acids is 1. The molecular formula is C17H38O4Si2. The molecule has 0 aromatic carbocycles. The Kier molecular flexibility index (Phi) is 7.32. The molecule has 4 nitrogen and oxygen atoms in total. The minimum Gasteiger partial charge on any atom is -0.469 e. The maximum Gasteiger partial charge on any atom is 0.313 e. The summed E-state index contributed by atoms with van der Waals surface area (Å²) in [5, 5.41) is 0.111. The van der Waals surface area contributed by atoms with E-state index in [1.165, 1.54) is 7.11 Å². The van der Waals surface area contributed by atoms with Gasteiger partial charge in [-0.15, -0.1) is 0 Å². The second kappa shape index (κ2) is 7.37. The van der Waals surface area contributed by atoms with Crippen molar-refractivity contribution in [2.24, 2.45) is 5.41 Å². The average molecular weight is 363 g/mol. The number of carbonyl (C=O) groups is 1. The minimum atomic E-state index is -1.95. The van der Waals surface area contributed by atoms with E-state index in [0.29, 0.717) is 0 Å². The summed E-state index contributed by atoms with van der Waals surface area (Å²) < 4.78 is 17.9. The maximum absolute atomic E-state index is 12.3. The smallest absolute Gasteiger partial charge is 0.313 e. The van der Waals surface area contributed by atoms with E-state index in [-0.39, 0.29) is 23.2 Å². The average Bonchev–Trinajstić information content (AvgIpc) is 2.31. The molecule has 0 heterocycles. The highest BCUT2D eigenvalue weighted by Crippen LogP contribution is 2.40. The SMILES string of the molecule is COC(=O)C(C)(C)[C@H](O[Si](C)(C)C)[C@@H](C)O[Si](C)(C)C(C)(C)C. The van der Waals surface area contributed by atoms with Gasteiger partial charge in [-0.2, -0.15) is 0 Å². The Morgan fingerprint density at radius 2 is 1.35 bits per heavy atom. The van der Waals surface area contributed by atoms with Gasteiger partial charge in [0.1, 0.15) is 0 Å². The molecule has 0 spiro atoms. The zero-order valence-electron chi connectivity index (χ0n) is 17.3. The Labute approximate surface area is 145 Å². The number of esters is 1. The third kappa shape index (κ3) is 6.32. The summed E-state index contributed by atoms with van der Waals surface area (Å²) in [4.78, 5) is 12.3. The fourth-order valence-corrected chi connectivity index (χ4v) is 4.95. The lowest BCUT2D eigenvalue weighted by Crippen LogP contribution is -2.55. The second-order valence-corrected chi connectivity index (χ2v) is 18.7. The number of methoxy groups -OCH3 is 1. The van der Waals surface area contributed by atoms with E-state index in [4.69, 9.17) is 13.6 Å². The number of hydrogen-bond acceptors (Lipinski definition) is 4. The Hall–Kier alpha value is -0.176. The van der Waals surface area contributed by atoms with Crippen molar-refractivity contribution < 1.29 is 18.4 Å². The highest BCUT2D eigenvalue weighted by Gasteiger charge is 2.47. The van der Waals surface area contributed by atoms with E-state index in [0.717, 1.165) is 0 Å². The molecule has 0 aliphatic heterocycles. The summed E-state index contributed by atoms with van der Waals surface area (Å²) >= 11 is 0. The van der Waals surface area contributed by atoms with Crippen molar-refractivity contribution in [1.82, 2.24) is 0 Å². The summed E-state index contributed by atoms with van der Waals surface area (Å²) in [6.07, 6.45) is -0.493. The van der Waals surface area contributed by atoms with Gasteiger partial charge in [0.2, 0.25) is 0 Å². The molecule has 0 aromatic heterocycles. The zero-order valence-corrected chi connectivity index (χ0v) is 19.3. The van der Waals surface area contributed by atoms with Gasteiger partial charge in [-0.3, -0.25) is 4.79 Å². The first-order chi connectivity index (χ1) is 9.95. The van der Waals surface area contributed by atoms with Crippen LogP contribution in [0.1, 0.15) is 41.5 Å². The van der Waals surface area contributed by atoms with Crippen LogP contribution in [0.15, 0.2) is 0 Å². The van der Waals surface area contributed by atoms with Crippen LogP contribution in [0.25, 0.3) is 0 Å². The predicted octanol–water partition coefficient (Wildman–Crippen LogP) is 4.82. The highest BCUT2D eigenvalue weighted by atomic mass is 28.4. The van der Waals surface area contributed by atoms with E-state index in [1.807, 2.05) is 20.8 Å². The summed E-state index contributed by atoms with van der Waals surface area (Å²) in [5.74, 6) is -0.258. The Balaban J connectivity index is 5.58. The molecule has 0 unspecified atom stereocenters. The first kappa shape index (κ1) is 22.8. The lowest BCUT2D eigenvalue weighted by atomic mass is 9.84. The van der Waals surface area contributed by atoms with Crippen molar-refractivity contribution in [1.29, 1.82) is 0 Å². The maximum atomic E-state index is 12.3. The fourth-order valence-electron chi connectivity index (χ4n) is 2.29. The normalized spacial score (nSPS) is 16.9. The lowest BCUT2D eigenvalue weighted by molar-refractivity contribution is -0.160. The molecular weight excluding hydrogens is 324 g/mol. The predicted molar refractivity (Wildman–Crippen MR) is 102 cm³/mol. The van der Waals surface area contributed by atoms with E-state index in [9.17, 15) is 4.79 Å². The molecule has 0 bridgehead atoms. The van der Waals surface area contributed by atoms with Crippen molar-refractivity contribution in [3.05, 3.63) is 0 Å². The quantitative estimate of drug-likeness (QED) is 0.481. The lowest BCUT2D eigenvalue weighted by Gasteiger charge is -2.45. The molecule has 6 heteroatoms. The number of hydrogen-bond donors (Lipinski definition) is 0. The first-order valence-corrected chi connectivity index (χ1v) is 14.7. The summed E-state index contributed by atoms with van der Waals surface area (Å²) in [7, 11) is -2.37. The molecule has 0 aliphatic carbocycles. The van der Waals surface area contributed by atoms with Crippen LogP contribution in [0.2, 0.25) is 37.8 Å². The van der Waals surface area contributed by atoms with Crippen molar-refractivity contribution in [3.63, 3.8) is 0 Å². The minimum absolute atomic E-state index is 0.111. The highest BCUT2D eigenvalue weighted by molar-refractivity contribution is 6.74. The van der Waals surface area contributed by atoms with Crippen LogP contribution in [0.3, 0.4) is 0 Å². The van der Waals surface area contributed by atoms with Crippen molar-refractivity contribution in [2.75, 3.05) is 7.11 Å². The van der Waals surface area contributed by atoms with Gasteiger partial charge in [0.05, 0.1) is 24.7 Å². The van der Waals surface area contributed by atoms with Gasteiger partial charge in [-0.05, 0) is 58.5 Å². The standard InChI is InChI=1S/C17H38O4Si2/c1-13(20-23(11,12)16(2,3)4)14(21-22(8,9)10)17(5,6)15(18)19-7/h13-14H,1-12H3/t13-,14-/m1/s1. The van der Waals surface area contributed by atoms with Crippen LogP contribution in [0.5, 0.6) is 0 Å². The van der Waals surface area contributed by atoms with Gasteiger partial charge >= 0.3 is 5.97 Å². The Morgan fingerprint density at radius 3 is 1.65 bits per heavy atom. The monoisotopic (exact) mass is 362 g/mol. The first-order valence-electron chi connectivity index (χ1n) is 8.40. The largest absolute Gasteiger partial charge is 0.469 e. The van der Waals surface area contributed by atoms with E-state index in [2.05, 4.69) is 53.5 Å². The molecule has 138 valence electrons. The molecule has 0 aliphatic rings. The van der Waals surface area contributed by atoms with Crippen molar-refractivity contribution in [2.45, 2.75) is 91.5 Å². The fraction of sp³-hybridized carbons (Fsp3) is 0.941.